The molecular formula is C23H32IN5O. The molecule has 0 aromatic heterocycles. The summed E-state index contributed by atoms with van der Waals surface area (Å²) in [6.45, 7) is 8.31. The van der Waals surface area contributed by atoms with Crippen LogP contribution in [0.3, 0.4) is 0 Å². The Labute approximate surface area is 196 Å². The smallest absolute Gasteiger partial charge is 0.226 e. The van der Waals surface area contributed by atoms with E-state index in [1.807, 2.05) is 45.2 Å². The summed E-state index contributed by atoms with van der Waals surface area (Å²) in [5.74, 6) is 0.933. The van der Waals surface area contributed by atoms with Crippen molar-refractivity contribution >= 4 is 47.2 Å². The molecule has 162 valence electrons. The van der Waals surface area contributed by atoms with Gasteiger partial charge in [0.15, 0.2) is 5.96 Å². The van der Waals surface area contributed by atoms with Gasteiger partial charge in [0.1, 0.15) is 0 Å². The number of anilines is 2. The molecule has 1 aliphatic heterocycles. The highest BCUT2D eigenvalue weighted by atomic mass is 127. The molecule has 1 saturated heterocycles. The highest BCUT2D eigenvalue weighted by molar-refractivity contribution is 14.0. The van der Waals surface area contributed by atoms with Crippen LogP contribution >= 0.6 is 24.0 Å². The quantitative estimate of drug-likeness (QED) is 0.357. The summed E-state index contributed by atoms with van der Waals surface area (Å²) in [6.07, 6.45) is 0. The molecule has 2 N–H and O–H groups in total. The molecule has 7 heteroatoms. The number of carbonyl (C=O) groups is 1. The van der Waals surface area contributed by atoms with Gasteiger partial charge in [-0.3, -0.25) is 9.79 Å². The van der Waals surface area contributed by atoms with Gasteiger partial charge in [0.05, 0.1) is 0 Å². The Morgan fingerprint density at radius 3 is 2.20 bits per heavy atom. The summed E-state index contributed by atoms with van der Waals surface area (Å²) in [6, 6.07) is 18.5. The Kier molecular flexibility index (Phi) is 9.42. The third-order valence-electron chi connectivity index (χ3n) is 5.11. The molecule has 0 saturated carbocycles. The zero-order valence-corrected chi connectivity index (χ0v) is 20.3. The van der Waals surface area contributed by atoms with E-state index in [-0.39, 0.29) is 35.8 Å². The van der Waals surface area contributed by atoms with E-state index >= 15 is 0 Å². The van der Waals surface area contributed by atoms with Gasteiger partial charge in [-0.2, -0.15) is 0 Å². The number of para-hydroxylation sites is 1. The fraction of sp³-hybridized carbons (Fsp3) is 0.391. The number of guanidine groups is 1. The maximum atomic E-state index is 11.8. The molecule has 30 heavy (non-hydrogen) atoms. The second-order valence-corrected chi connectivity index (χ2v) is 7.55. The Bertz CT molecular complexity index is 815. The maximum Gasteiger partial charge on any atom is 0.226 e. The number of hydrogen-bond acceptors (Lipinski definition) is 3. The van der Waals surface area contributed by atoms with Crippen molar-refractivity contribution in [2.75, 3.05) is 43.4 Å². The molecule has 1 amide bonds. The molecule has 2 aromatic carbocycles. The Morgan fingerprint density at radius 1 is 1.00 bits per heavy atom. The number of aliphatic imine (C=N–C) groups is 1. The molecule has 0 spiro atoms. The molecule has 2 aromatic rings. The van der Waals surface area contributed by atoms with Crippen molar-refractivity contribution < 1.29 is 4.79 Å². The van der Waals surface area contributed by atoms with Crippen molar-refractivity contribution in [2.24, 2.45) is 10.9 Å². The van der Waals surface area contributed by atoms with Gasteiger partial charge in [-0.05, 0) is 29.8 Å². The van der Waals surface area contributed by atoms with Crippen LogP contribution in [0.25, 0.3) is 0 Å². The van der Waals surface area contributed by atoms with Crippen molar-refractivity contribution in [3.8, 4) is 0 Å². The van der Waals surface area contributed by atoms with Gasteiger partial charge in [0, 0.05) is 57.1 Å². The number of benzene rings is 2. The van der Waals surface area contributed by atoms with Crippen LogP contribution in [0.15, 0.2) is 59.6 Å². The Morgan fingerprint density at radius 2 is 1.63 bits per heavy atom. The summed E-state index contributed by atoms with van der Waals surface area (Å²) >= 11 is 0. The average Bonchev–Trinajstić information content (AvgIpc) is 2.76. The largest absolute Gasteiger partial charge is 0.368 e. The number of carbonyl (C=O) groups excluding carboxylic acids is 1. The van der Waals surface area contributed by atoms with E-state index in [0.29, 0.717) is 6.54 Å². The number of halogens is 1. The zero-order valence-electron chi connectivity index (χ0n) is 18.0. The first-order valence-corrected chi connectivity index (χ1v) is 10.2. The van der Waals surface area contributed by atoms with Crippen molar-refractivity contribution in [1.29, 1.82) is 0 Å². The number of piperazine rings is 1. The van der Waals surface area contributed by atoms with Crippen molar-refractivity contribution in [3.05, 3.63) is 60.2 Å². The lowest BCUT2D eigenvalue weighted by Crippen LogP contribution is -2.52. The third-order valence-corrected chi connectivity index (χ3v) is 5.11. The predicted molar refractivity (Wildman–Crippen MR) is 136 cm³/mol. The number of nitrogens with one attached hydrogen (secondary N) is 2. The maximum absolute atomic E-state index is 11.8. The first-order chi connectivity index (χ1) is 14.1. The lowest BCUT2D eigenvalue weighted by molar-refractivity contribution is -0.118. The second kappa shape index (κ2) is 11.8. The normalized spacial score (nSPS) is 14.3. The third kappa shape index (κ3) is 6.62. The molecular weight excluding hydrogens is 489 g/mol. The minimum Gasteiger partial charge on any atom is -0.368 e. The van der Waals surface area contributed by atoms with Gasteiger partial charge in [0.25, 0.3) is 0 Å². The van der Waals surface area contributed by atoms with E-state index in [1.54, 1.807) is 0 Å². The molecule has 1 fully saturated rings. The highest BCUT2D eigenvalue weighted by Crippen LogP contribution is 2.16. The fourth-order valence-corrected chi connectivity index (χ4v) is 3.32. The number of hydrogen-bond donors (Lipinski definition) is 2. The van der Waals surface area contributed by atoms with Crippen LogP contribution in [0, 0.1) is 5.92 Å². The van der Waals surface area contributed by atoms with E-state index in [0.717, 1.165) is 43.4 Å². The van der Waals surface area contributed by atoms with Crippen LogP contribution in [0.1, 0.15) is 19.4 Å². The van der Waals surface area contributed by atoms with E-state index in [1.165, 1.54) is 5.69 Å². The van der Waals surface area contributed by atoms with Gasteiger partial charge >= 0.3 is 0 Å². The predicted octanol–water partition coefficient (Wildman–Crippen LogP) is 3.80. The van der Waals surface area contributed by atoms with Gasteiger partial charge < -0.3 is 20.4 Å². The molecule has 6 nitrogen and oxygen atoms in total. The van der Waals surface area contributed by atoms with Crippen LogP contribution in [-0.4, -0.2) is 50.0 Å². The molecule has 0 bridgehead atoms. The van der Waals surface area contributed by atoms with Crippen molar-refractivity contribution in [3.63, 3.8) is 0 Å². The van der Waals surface area contributed by atoms with Gasteiger partial charge in [-0.1, -0.05) is 44.2 Å². The Hall–Kier alpha value is -2.29. The average molecular weight is 521 g/mol. The first-order valence-electron chi connectivity index (χ1n) is 10.2. The van der Waals surface area contributed by atoms with E-state index in [2.05, 4.69) is 55.8 Å². The summed E-state index contributed by atoms with van der Waals surface area (Å²) in [5, 5.41) is 6.38. The Balaban J connectivity index is 0.00000320. The van der Waals surface area contributed by atoms with E-state index < -0.39 is 0 Å². The number of nitrogens with zero attached hydrogens (tertiary/aromatic N) is 3. The fourth-order valence-electron chi connectivity index (χ4n) is 3.32. The topological polar surface area (TPSA) is 60.0 Å². The number of rotatable bonds is 5. The lowest BCUT2D eigenvalue weighted by atomic mass is 10.1. The van der Waals surface area contributed by atoms with Crippen LogP contribution in [0.5, 0.6) is 0 Å². The van der Waals surface area contributed by atoms with Crippen molar-refractivity contribution in [2.45, 2.75) is 20.4 Å². The minimum absolute atomic E-state index is 0. The molecule has 0 atom stereocenters. The van der Waals surface area contributed by atoms with Crippen LogP contribution in [-0.2, 0) is 11.3 Å². The lowest BCUT2D eigenvalue weighted by Gasteiger charge is -2.37. The summed E-state index contributed by atoms with van der Waals surface area (Å²) in [4.78, 5) is 21.0. The molecule has 0 aliphatic carbocycles. The van der Waals surface area contributed by atoms with Crippen LogP contribution in [0.4, 0.5) is 11.4 Å². The SMILES string of the molecule is CN=C(NCc1ccc(NC(=O)C(C)C)cc1)N1CCN(c2ccccc2)CC1.I. The second-order valence-electron chi connectivity index (χ2n) is 7.55. The molecule has 0 unspecified atom stereocenters. The van der Waals surface area contributed by atoms with Crippen molar-refractivity contribution in [1.82, 2.24) is 10.2 Å². The zero-order chi connectivity index (χ0) is 20.6. The molecule has 0 radical (unpaired) electrons. The van der Waals surface area contributed by atoms with Gasteiger partial charge in [0.2, 0.25) is 5.91 Å². The minimum atomic E-state index is -0.0259. The van der Waals surface area contributed by atoms with Crippen LogP contribution < -0.4 is 15.5 Å². The van der Waals surface area contributed by atoms with E-state index in [4.69, 9.17) is 0 Å². The summed E-state index contributed by atoms with van der Waals surface area (Å²) in [7, 11) is 1.83. The van der Waals surface area contributed by atoms with Gasteiger partial charge in [-0.15, -0.1) is 24.0 Å². The highest BCUT2D eigenvalue weighted by Gasteiger charge is 2.19. The summed E-state index contributed by atoms with van der Waals surface area (Å²) in [5.41, 5.74) is 3.25. The first kappa shape index (κ1) is 24.0. The summed E-state index contributed by atoms with van der Waals surface area (Å²) < 4.78 is 0. The van der Waals surface area contributed by atoms with Crippen LogP contribution in [0.2, 0.25) is 0 Å². The van der Waals surface area contributed by atoms with Gasteiger partial charge in [-0.25, -0.2) is 0 Å². The molecule has 1 aliphatic rings. The molecule has 1 heterocycles. The standard InChI is InChI=1S/C23H31N5O.HI/c1-18(2)22(29)26-20-11-9-19(10-12-20)17-25-23(24-3)28-15-13-27(14-16-28)21-7-5-4-6-8-21;/h4-12,18H,13-17H2,1-3H3,(H,24,25)(H,26,29);1H. The monoisotopic (exact) mass is 521 g/mol. The van der Waals surface area contributed by atoms with E-state index in [9.17, 15) is 4.79 Å². The number of amides is 1. The molecule has 3 rings (SSSR count).